The summed E-state index contributed by atoms with van der Waals surface area (Å²) in [6.45, 7) is 8.71. The van der Waals surface area contributed by atoms with Crippen LogP contribution in [0.2, 0.25) is 0 Å². The Balaban J connectivity index is 2.06. The smallest absolute Gasteiger partial charge is 0.233 e. The fourth-order valence-electron chi connectivity index (χ4n) is 3.02. The molecule has 2 fully saturated rings. The number of imide groups is 1. The van der Waals surface area contributed by atoms with E-state index in [1.807, 2.05) is 20.9 Å². The Morgan fingerprint density at radius 1 is 1.24 bits per heavy atom. The zero-order valence-corrected chi connectivity index (χ0v) is 11.3. The number of hydrogen-bond donors (Lipinski definition) is 1. The number of likely N-dealkylation sites (N-methyl/N-ethyl adjacent to an activating group) is 1. The summed E-state index contributed by atoms with van der Waals surface area (Å²) in [5.74, 6) is 0.363. The van der Waals surface area contributed by atoms with E-state index >= 15 is 0 Å². The Bertz CT molecular complexity index is 338. The third-order valence-electron chi connectivity index (χ3n) is 4.45. The van der Waals surface area contributed by atoms with Crippen molar-refractivity contribution in [2.45, 2.75) is 33.7 Å². The first-order chi connectivity index (χ1) is 7.82. The van der Waals surface area contributed by atoms with Gasteiger partial charge in [-0.05, 0) is 18.4 Å². The third-order valence-corrected chi connectivity index (χ3v) is 4.45. The number of nitrogens with one attached hydrogen (secondary N) is 1. The molecule has 2 amide bonds. The van der Waals surface area contributed by atoms with E-state index in [1.54, 1.807) is 0 Å². The first-order valence-corrected chi connectivity index (χ1v) is 6.34. The van der Waals surface area contributed by atoms with Crippen LogP contribution in [0.15, 0.2) is 0 Å². The van der Waals surface area contributed by atoms with Gasteiger partial charge in [-0.1, -0.05) is 27.7 Å². The molecule has 1 aliphatic carbocycles. The molecule has 4 heteroatoms. The van der Waals surface area contributed by atoms with Crippen molar-refractivity contribution in [3.05, 3.63) is 0 Å². The van der Waals surface area contributed by atoms with E-state index in [0.717, 1.165) is 0 Å². The van der Waals surface area contributed by atoms with Gasteiger partial charge in [0.15, 0.2) is 0 Å². The summed E-state index contributed by atoms with van der Waals surface area (Å²) in [6, 6.07) is 0.184. The van der Waals surface area contributed by atoms with Crippen molar-refractivity contribution in [1.29, 1.82) is 0 Å². The van der Waals surface area contributed by atoms with Crippen molar-refractivity contribution >= 4 is 11.8 Å². The Hall–Kier alpha value is -0.900. The van der Waals surface area contributed by atoms with Crippen LogP contribution >= 0.6 is 0 Å². The van der Waals surface area contributed by atoms with Gasteiger partial charge < -0.3 is 5.32 Å². The Morgan fingerprint density at radius 2 is 1.71 bits per heavy atom. The first kappa shape index (κ1) is 12.6. The van der Waals surface area contributed by atoms with E-state index in [2.05, 4.69) is 19.2 Å². The lowest BCUT2D eigenvalue weighted by molar-refractivity contribution is -0.143. The number of hydrogen-bond acceptors (Lipinski definition) is 3. The van der Waals surface area contributed by atoms with Gasteiger partial charge >= 0.3 is 0 Å². The topological polar surface area (TPSA) is 49.4 Å². The molecule has 0 radical (unpaired) electrons. The monoisotopic (exact) mass is 238 g/mol. The van der Waals surface area contributed by atoms with Gasteiger partial charge in [-0.2, -0.15) is 0 Å². The number of carbonyl (C=O) groups excluding carboxylic acids is 2. The van der Waals surface area contributed by atoms with Crippen LogP contribution < -0.4 is 5.32 Å². The summed E-state index contributed by atoms with van der Waals surface area (Å²) in [7, 11) is 1.88. The summed E-state index contributed by atoms with van der Waals surface area (Å²) in [5.41, 5.74) is -0.0996. The van der Waals surface area contributed by atoms with Crippen molar-refractivity contribution in [3.8, 4) is 0 Å². The molecule has 0 aromatic heterocycles. The van der Waals surface area contributed by atoms with E-state index < -0.39 is 0 Å². The van der Waals surface area contributed by atoms with E-state index in [1.165, 1.54) is 4.90 Å². The van der Waals surface area contributed by atoms with Crippen molar-refractivity contribution in [3.63, 3.8) is 0 Å². The number of piperidine rings is 1. The largest absolute Gasteiger partial charge is 0.315 e. The average molecular weight is 238 g/mol. The molecule has 1 saturated heterocycles. The van der Waals surface area contributed by atoms with Crippen LogP contribution in [0.3, 0.4) is 0 Å². The summed E-state index contributed by atoms with van der Waals surface area (Å²) in [4.78, 5) is 25.7. The lowest BCUT2D eigenvalue weighted by Crippen LogP contribution is -2.47. The van der Waals surface area contributed by atoms with Gasteiger partial charge in [-0.15, -0.1) is 0 Å². The normalized spacial score (nSPS) is 32.0. The Labute approximate surface area is 103 Å². The molecule has 2 aliphatic rings. The fraction of sp³-hybridized carbons (Fsp3) is 0.846. The SMILES string of the molecule is CNC(CN1C(=O)C2C(C1=O)C2(C)C)C(C)C. The van der Waals surface area contributed by atoms with Crippen LogP contribution in [0.1, 0.15) is 27.7 Å². The van der Waals surface area contributed by atoms with Crippen molar-refractivity contribution < 1.29 is 9.59 Å². The minimum Gasteiger partial charge on any atom is -0.315 e. The molecular weight excluding hydrogens is 216 g/mol. The molecule has 3 unspecified atom stereocenters. The molecule has 2 rings (SSSR count). The molecule has 1 aliphatic heterocycles. The Kier molecular flexibility index (Phi) is 2.81. The van der Waals surface area contributed by atoms with Crippen LogP contribution in [0.4, 0.5) is 0 Å². The van der Waals surface area contributed by atoms with Crippen molar-refractivity contribution in [2.75, 3.05) is 13.6 Å². The fourth-order valence-corrected chi connectivity index (χ4v) is 3.02. The minimum absolute atomic E-state index is 0.0332. The van der Waals surface area contributed by atoms with Gasteiger partial charge in [0, 0.05) is 12.6 Å². The Morgan fingerprint density at radius 3 is 2.06 bits per heavy atom. The van der Waals surface area contributed by atoms with Crippen molar-refractivity contribution in [1.82, 2.24) is 10.2 Å². The highest BCUT2D eigenvalue weighted by Gasteiger charge is 2.72. The van der Waals surface area contributed by atoms with Gasteiger partial charge in [0.2, 0.25) is 11.8 Å². The number of likely N-dealkylation sites (tertiary alicyclic amines) is 1. The van der Waals surface area contributed by atoms with Crippen LogP contribution in [0.25, 0.3) is 0 Å². The zero-order chi connectivity index (χ0) is 13.0. The maximum atomic E-state index is 12.1. The summed E-state index contributed by atoms with van der Waals surface area (Å²) >= 11 is 0. The van der Waals surface area contributed by atoms with Crippen LogP contribution in [0, 0.1) is 23.2 Å². The second-order valence-corrected chi connectivity index (χ2v) is 6.20. The number of nitrogens with zero attached hydrogens (tertiary/aromatic N) is 1. The summed E-state index contributed by atoms with van der Waals surface area (Å²) in [5, 5.41) is 3.17. The predicted octanol–water partition coefficient (Wildman–Crippen LogP) is 0.871. The highest BCUT2D eigenvalue weighted by molar-refractivity contribution is 6.10. The molecule has 96 valence electrons. The van der Waals surface area contributed by atoms with Crippen LogP contribution in [-0.4, -0.2) is 36.3 Å². The predicted molar refractivity (Wildman–Crippen MR) is 65.2 cm³/mol. The molecule has 1 heterocycles. The van der Waals surface area contributed by atoms with Gasteiger partial charge in [0.05, 0.1) is 11.8 Å². The summed E-state index contributed by atoms with van der Waals surface area (Å²) in [6.07, 6.45) is 0. The van der Waals surface area contributed by atoms with Crippen LogP contribution in [-0.2, 0) is 9.59 Å². The maximum absolute atomic E-state index is 12.1. The third kappa shape index (κ3) is 1.69. The molecule has 17 heavy (non-hydrogen) atoms. The molecule has 1 saturated carbocycles. The number of rotatable bonds is 4. The average Bonchev–Trinajstić information content (AvgIpc) is 2.69. The standard InChI is InChI=1S/C13H22N2O2/c1-7(2)8(14-5)6-15-11(16)9-10(12(15)17)13(9,3)4/h7-10,14H,6H2,1-5H3. The van der Waals surface area contributed by atoms with E-state index in [4.69, 9.17) is 0 Å². The first-order valence-electron chi connectivity index (χ1n) is 6.34. The van der Waals surface area contributed by atoms with Gasteiger partial charge in [-0.3, -0.25) is 14.5 Å². The minimum atomic E-state index is -0.0996. The molecule has 4 nitrogen and oxygen atoms in total. The van der Waals surface area contributed by atoms with Crippen molar-refractivity contribution in [2.24, 2.45) is 23.2 Å². The molecule has 3 atom stereocenters. The highest BCUT2D eigenvalue weighted by Crippen LogP contribution is 2.63. The lowest BCUT2D eigenvalue weighted by Gasteiger charge is -2.27. The van der Waals surface area contributed by atoms with E-state index in [0.29, 0.717) is 12.5 Å². The highest BCUT2D eigenvalue weighted by atomic mass is 16.2. The lowest BCUT2D eigenvalue weighted by atomic mass is 10.0. The number of amides is 2. The van der Waals surface area contributed by atoms with Gasteiger partial charge in [0.25, 0.3) is 0 Å². The zero-order valence-electron chi connectivity index (χ0n) is 11.3. The quantitative estimate of drug-likeness (QED) is 0.739. The molecule has 0 bridgehead atoms. The summed E-state index contributed by atoms with van der Waals surface area (Å²) < 4.78 is 0. The molecule has 0 aromatic rings. The number of fused-ring (bicyclic) bond motifs is 1. The molecule has 0 spiro atoms. The molecule has 0 aromatic carbocycles. The molecule has 1 N–H and O–H groups in total. The van der Waals surface area contributed by atoms with Gasteiger partial charge in [0.1, 0.15) is 0 Å². The maximum Gasteiger partial charge on any atom is 0.233 e. The van der Waals surface area contributed by atoms with Crippen LogP contribution in [0.5, 0.6) is 0 Å². The second kappa shape index (κ2) is 3.80. The van der Waals surface area contributed by atoms with E-state index in [-0.39, 0.29) is 35.1 Å². The second-order valence-electron chi connectivity index (χ2n) is 6.20. The van der Waals surface area contributed by atoms with Gasteiger partial charge in [-0.25, -0.2) is 0 Å². The molecular formula is C13H22N2O2. The van der Waals surface area contributed by atoms with E-state index in [9.17, 15) is 9.59 Å². The number of carbonyl (C=O) groups is 2.